The van der Waals surface area contributed by atoms with E-state index in [0.717, 1.165) is 52.9 Å². The number of nitrogens with one attached hydrogen (secondary N) is 1. The standard InChI is InChI=1S/C26H27N3O3/c1-17-7-5-10-22-21(17)14-23(28-22)26(30)29-12-6-9-19(16-29)25-27-15-20(32-25)13-18-8-3-4-11-24(18)31-2/h3-5,7-8,10-11,14-15,19,28H,6,9,12-13,16H2,1-2H3/t19-/m1/s1. The van der Waals surface area contributed by atoms with Gasteiger partial charge in [-0.3, -0.25) is 4.79 Å². The van der Waals surface area contributed by atoms with E-state index in [4.69, 9.17) is 9.15 Å². The summed E-state index contributed by atoms with van der Waals surface area (Å²) in [6.45, 7) is 3.42. The Balaban J connectivity index is 1.30. The number of oxazole rings is 1. The highest BCUT2D eigenvalue weighted by atomic mass is 16.5. The molecule has 0 saturated carbocycles. The minimum absolute atomic E-state index is 0.0334. The number of hydrogen-bond acceptors (Lipinski definition) is 4. The number of methoxy groups -OCH3 is 1. The van der Waals surface area contributed by atoms with Crippen LogP contribution in [0.3, 0.4) is 0 Å². The van der Waals surface area contributed by atoms with Gasteiger partial charge in [-0.05, 0) is 43.5 Å². The number of benzene rings is 2. The molecule has 0 aliphatic carbocycles. The lowest BCUT2D eigenvalue weighted by Crippen LogP contribution is -2.39. The van der Waals surface area contributed by atoms with Crippen LogP contribution in [0, 0.1) is 6.92 Å². The fourth-order valence-corrected chi connectivity index (χ4v) is 4.59. The summed E-state index contributed by atoms with van der Waals surface area (Å²) in [7, 11) is 1.67. The second-order valence-corrected chi connectivity index (χ2v) is 8.46. The summed E-state index contributed by atoms with van der Waals surface area (Å²) in [6, 6.07) is 16.0. The van der Waals surface area contributed by atoms with Gasteiger partial charge in [-0.25, -0.2) is 4.98 Å². The first-order valence-corrected chi connectivity index (χ1v) is 11.1. The number of aromatic nitrogens is 2. The average molecular weight is 430 g/mol. The number of fused-ring (bicyclic) bond motifs is 1. The number of nitrogens with zero attached hydrogens (tertiary/aromatic N) is 2. The fourth-order valence-electron chi connectivity index (χ4n) is 4.59. The topological polar surface area (TPSA) is 71.4 Å². The first-order chi connectivity index (χ1) is 15.6. The van der Waals surface area contributed by atoms with Gasteiger partial charge in [-0.2, -0.15) is 0 Å². The van der Waals surface area contributed by atoms with Crippen LogP contribution < -0.4 is 4.74 Å². The summed E-state index contributed by atoms with van der Waals surface area (Å²) < 4.78 is 11.6. The van der Waals surface area contributed by atoms with Crippen molar-refractivity contribution in [3.63, 3.8) is 0 Å². The molecule has 1 atom stereocenters. The van der Waals surface area contributed by atoms with Crippen LogP contribution in [0.1, 0.15) is 52.0 Å². The largest absolute Gasteiger partial charge is 0.496 e. The quantitative estimate of drug-likeness (QED) is 0.480. The highest BCUT2D eigenvalue weighted by molar-refractivity contribution is 5.98. The second-order valence-electron chi connectivity index (χ2n) is 8.46. The maximum atomic E-state index is 13.2. The predicted molar refractivity (Wildman–Crippen MR) is 123 cm³/mol. The molecular weight excluding hydrogens is 402 g/mol. The van der Waals surface area contributed by atoms with E-state index in [9.17, 15) is 4.79 Å². The normalized spacial score (nSPS) is 16.4. The van der Waals surface area contributed by atoms with Crippen LogP contribution in [0.25, 0.3) is 10.9 Å². The Morgan fingerprint density at radius 1 is 1.25 bits per heavy atom. The van der Waals surface area contributed by atoms with Gasteiger partial charge >= 0.3 is 0 Å². The lowest BCUT2D eigenvalue weighted by molar-refractivity contribution is 0.0693. The van der Waals surface area contributed by atoms with E-state index in [1.54, 1.807) is 13.3 Å². The zero-order valence-corrected chi connectivity index (χ0v) is 18.4. The van der Waals surface area contributed by atoms with Gasteiger partial charge in [0.2, 0.25) is 0 Å². The van der Waals surface area contributed by atoms with Crippen molar-refractivity contribution in [3.8, 4) is 5.75 Å². The average Bonchev–Trinajstić information content (AvgIpc) is 3.47. The minimum atomic E-state index is 0.0334. The van der Waals surface area contributed by atoms with Crippen molar-refractivity contribution in [2.75, 3.05) is 20.2 Å². The van der Waals surface area contributed by atoms with Crippen LogP contribution in [-0.4, -0.2) is 41.0 Å². The van der Waals surface area contributed by atoms with Crippen molar-refractivity contribution in [2.24, 2.45) is 0 Å². The molecular formula is C26H27N3O3. The Morgan fingerprint density at radius 2 is 2.12 bits per heavy atom. The molecule has 32 heavy (non-hydrogen) atoms. The number of aromatic amines is 1. The van der Waals surface area contributed by atoms with Crippen LogP contribution in [-0.2, 0) is 6.42 Å². The van der Waals surface area contributed by atoms with E-state index in [-0.39, 0.29) is 11.8 Å². The number of likely N-dealkylation sites (tertiary alicyclic amines) is 1. The molecule has 1 aliphatic rings. The number of rotatable bonds is 5. The lowest BCUT2D eigenvalue weighted by atomic mass is 9.97. The fraction of sp³-hybridized carbons (Fsp3) is 0.308. The third-order valence-corrected chi connectivity index (χ3v) is 6.30. The molecule has 2 aromatic carbocycles. The molecule has 0 spiro atoms. The Morgan fingerprint density at radius 3 is 2.97 bits per heavy atom. The Hall–Kier alpha value is -3.54. The van der Waals surface area contributed by atoms with E-state index in [1.165, 1.54) is 0 Å². The van der Waals surface area contributed by atoms with Gasteiger partial charge in [0.25, 0.3) is 5.91 Å². The molecule has 2 aromatic heterocycles. The molecule has 1 aliphatic heterocycles. The van der Waals surface area contributed by atoms with Crippen molar-refractivity contribution in [3.05, 3.63) is 83.2 Å². The first-order valence-electron chi connectivity index (χ1n) is 11.1. The van der Waals surface area contributed by atoms with Crippen molar-refractivity contribution < 1.29 is 13.9 Å². The molecule has 5 rings (SSSR count). The number of para-hydroxylation sites is 1. The molecule has 6 heteroatoms. The molecule has 164 valence electrons. The molecule has 0 unspecified atom stereocenters. The number of carbonyl (C=O) groups excluding carboxylic acids is 1. The van der Waals surface area contributed by atoms with Crippen molar-refractivity contribution in [2.45, 2.75) is 32.1 Å². The molecule has 1 fully saturated rings. The molecule has 3 heterocycles. The van der Waals surface area contributed by atoms with Crippen molar-refractivity contribution >= 4 is 16.8 Å². The number of H-pyrrole nitrogens is 1. The predicted octanol–water partition coefficient (Wildman–Crippen LogP) is 5.08. The number of piperidine rings is 1. The van der Waals surface area contributed by atoms with Gasteiger partial charge in [0, 0.05) is 36.0 Å². The summed E-state index contributed by atoms with van der Waals surface area (Å²) >= 11 is 0. The van der Waals surface area contributed by atoms with E-state index in [1.807, 2.05) is 47.4 Å². The van der Waals surface area contributed by atoms with Gasteiger partial charge in [0.15, 0.2) is 5.89 Å². The van der Waals surface area contributed by atoms with E-state index >= 15 is 0 Å². The first kappa shape index (κ1) is 20.4. The lowest BCUT2D eigenvalue weighted by Gasteiger charge is -2.31. The maximum Gasteiger partial charge on any atom is 0.270 e. The van der Waals surface area contributed by atoms with E-state index in [2.05, 4.69) is 23.0 Å². The smallest absolute Gasteiger partial charge is 0.270 e. The highest BCUT2D eigenvalue weighted by Gasteiger charge is 2.29. The zero-order chi connectivity index (χ0) is 22.1. The number of ether oxygens (including phenoxy) is 1. The third kappa shape index (κ3) is 3.88. The number of amides is 1. The number of carbonyl (C=O) groups is 1. The monoisotopic (exact) mass is 429 g/mol. The van der Waals surface area contributed by atoms with Gasteiger partial charge in [-0.1, -0.05) is 30.3 Å². The Labute approximate surface area is 187 Å². The summed E-state index contributed by atoms with van der Waals surface area (Å²) in [4.78, 5) is 23.0. The highest BCUT2D eigenvalue weighted by Crippen LogP contribution is 2.29. The van der Waals surface area contributed by atoms with Crippen LogP contribution in [0.4, 0.5) is 0 Å². The van der Waals surface area contributed by atoms with Gasteiger partial charge in [-0.15, -0.1) is 0 Å². The number of aryl methyl sites for hydroxylation is 1. The van der Waals surface area contributed by atoms with Gasteiger partial charge < -0.3 is 19.0 Å². The molecule has 0 bridgehead atoms. The van der Waals surface area contributed by atoms with E-state index in [0.29, 0.717) is 24.6 Å². The Kier molecular flexibility index (Phi) is 5.43. The maximum absolute atomic E-state index is 13.2. The summed E-state index contributed by atoms with van der Waals surface area (Å²) in [5, 5.41) is 1.10. The summed E-state index contributed by atoms with van der Waals surface area (Å²) in [5.74, 6) is 2.49. The van der Waals surface area contributed by atoms with Crippen LogP contribution in [0.2, 0.25) is 0 Å². The molecule has 4 aromatic rings. The van der Waals surface area contributed by atoms with Crippen LogP contribution >= 0.6 is 0 Å². The third-order valence-electron chi connectivity index (χ3n) is 6.30. The van der Waals surface area contributed by atoms with Crippen LogP contribution in [0.15, 0.2) is 59.1 Å². The van der Waals surface area contributed by atoms with Gasteiger partial charge in [0.05, 0.1) is 19.2 Å². The van der Waals surface area contributed by atoms with Gasteiger partial charge in [0.1, 0.15) is 17.2 Å². The molecule has 0 radical (unpaired) electrons. The Bertz CT molecular complexity index is 1260. The van der Waals surface area contributed by atoms with Crippen molar-refractivity contribution in [1.29, 1.82) is 0 Å². The molecule has 6 nitrogen and oxygen atoms in total. The molecule has 1 amide bonds. The zero-order valence-electron chi connectivity index (χ0n) is 18.4. The van der Waals surface area contributed by atoms with Crippen molar-refractivity contribution in [1.82, 2.24) is 14.9 Å². The summed E-state index contributed by atoms with van der Waals surface area (Å²) in [6.07, 6.45) is 4.31. The minimum Gasteiger partial charge on any atom is -0.496 e. The van der Waals surface area contributed by atoms with E-state index < -0.39 is 0 Å². The molecule has 1 N–H and O–H groups in total. The number of hydrogen-bond donors (Lipinski definition) is 1. The summed E-state index contributed by atoms with van der Waals surface area (Å²) in [5.41, 5.74) is 3.86. The second kappa shape index (κ2) is 8.54. The molecule has 1 saturated heterocycles. The van der Waals surface area contributed by atoms with Crippen LogP contribution in [0.5, 0.6) is 5.75 Å². The SMILES string of the molecule is COc1ccccc1Cc1cnc([C@@H]2CCCN(C(=O)c3cc4c(C)cccc4[nH]3)C2)o1.